The Hall–Kier alpha value is -2.00. The van der Waals surface area contributed by atoms with Crippen LogP contribution in [0.2, 0.25) is 0 Å². The number of carbonyl (C=O) groups is 2. The van der Waals surface area contributed by atoms with Crippen LogP contribution in [0.1, 0.15) is 33.1 Å². The monoisotopic (exact) mass is 400 g/mol. The van der Waals surface area contributed by atoms with E-state index in [0.29, 0.717) is 19.3 Å². The maximum atomic E-state index is 13.0. The van der Waals surface area contributed by atoms with Crippen LogP contribution in [0.3, 0.4) is 0 Å². The van der Waals surface area contributed by atoms with Crippen molar-refractivity contribution in [3.05, 3.63) is 30.1 Å². The molecular weight excluding hydrogens is 375 g/mol. The van der Waals surface area contributed by atoms with E-state index in [9.17, 15) is 27.5 Å². The molecule has 0 aliphatic carbocycles. The van der Waals surface area contributed by atoms with E-state index in [1.54, 1.807) is 6.92 Å². The molecule has 7 nitrogen and oxygen atoms in total. The summed E-state index contributed by atoms with van der Waals surface area (Å²) in [5.74, 6) is -2.59. The second-order valence-corrected chi connectivity index (χ2v) is 8.78. The predicted octanol–water partition coefficient (Wildman–Crippen LogP) is 1.84. The smallest absolute Gasteiger partial charge is 0.326 e. The molecule has 1 aromatic carbocycles. The first kappa shape index (κ1) is 21.3. The normalized spacial score (nSPS) is 18.6. The second-order valence-electron chi connectivity index (χ2n) is 6.84. The minimum Gasteiger partial charge on any atom is -0.480 e. The first-order valence-electron chi connectivity index (χ1n) is 8.95. The fourth-order valence-electron chi connectivity index (χ4n) is 3.07. The average molecular weight is 400 g/mol. The van der Waals surface area contributed by atoms with E-state index in [-0.39, 0.29) is 29.8 Å². The molecule has 150 valence electrons. The van der Waals surface area contributed by atoms with Crippen LogP contribution in [-0.4, -0.2) is 48.8 Å². The van der Waals surface area contributed by atoms with E-state index in [4.69, 9.17) is 0 Å². The first-order valence-corrected chi connectivity index (χ1v) is 10.4. The zero-order chi connectivity index (χ0) is 20.2. The Morgan fingerprint density at radius 1 is 1.26 bits per heavy atom. The van der Waals surface area contributed by atoms with Crippen LogP contribution in [0, 0.1) is 17.7 Å². The van der Waals surface area contributed by atoms with E-state index < -0.39 is 33.8 Å². The van der Waals surface area contributed by atoms with Gasteiger partial charge in [-0.15, -0.1) is 0 Å². The summed E-state index contributed by atoms with van der Waals surface area (Å²) in [6.45, 7) is 3.92. The molecule has 1 amide bonds. The molecule has 0 spiro atoms. The van der Waals surface area contributed by atoms with Gasteiger partial charge in [-0.1, -0.05) is 20.3 Å². The van der Waals surface area contributed by atoms with Crippen molar-refractivity contribution >= 4 is 21.9 Å². The summed E-state index contributed by atoms with van der Waals surface area (Å²) < 4.78 is 39.5. The Bertz CT molecular complexity index is 773. The number of hydrogen-bond acceptors (Lipinski definition) is 4. The van der Waals surface area contributed by atoms with Gasteiger partial charge in [0.05, 0.1) is 4.90 Å². The lowest BCUT2D eigenvalue weighted by atomic mass is 9.94. The highest BCUT2D eigenvalue weighted by atomic mass is 32.2. The van der Waals surface area contributed by atoms with Crippen molar-refractivity contribution in [2.24, 2.45) is 11.8 Å². The molecule has 2 atom stereocenters. The molecule has 27 heavy (non-hydrogen) atoms. The zero-order valence-electron chi connectivity index (χ0n) is 15.4. The number of carboxylic acid groups (broad SMARTS) is 1. The number of nitrogens with zero attached hydrogens (tertiary/aromatic N) is 1. The van der Waals surface area contributed by atoms with Crippen molar-refractivity contribution in [3.8, 4) is 0 Å². The summed E-state index contributed by atoms with van der Waals surface area (Å²) in [6.07, 6.45) is 1.23. The van der Waals surface area contributed by atoms with Crippen molar-refractivity contribution in [1.82, 2.24) is 9.62 Å². The number of aliphatic carboxylic acids is 1. The number of piperidine rings is 1. The number of rotatable bonds is 7. The number of benzene rings is 1. The molecule has 2 N–H and O–H groups in total. The highest BCUT2D eigenvalue weighted by Crippen LogP contribution is 2.24. The molecule has 0 radical (unpaired) electrons. The van der Waals surface area contributed by atoms with Crippen molar-refractivity contribution in [3.63, 3.8) is 0 Å². The van der Waals surface area contributed by atoms with Gasteiger partial charge < -0.3 is 10.4 Å². The summed E-state index contributed by atoms with van der Waals surface area (Å²) in [7, 11) is -3.74. The third-order valence-corrected chi connectivity index (χ3v) is 6.97. The maximum Gasteiger partial charge on any atom is 0.326 e. The molecule has 0 bridgehead atoms. The molecule has 1 aliphatic rings. The largest absolute Gasteiger partial charge is 0.480 e. The summed E-state index contributed by atoms with van der Waals surface area (Å²) in [5, 5.41) is 11.9. The van der Waals surface area contributed by atoms with Crippen LogP contribution in [0.4, 0.5) is 4.39 Å². The molecule has 0 saturated carbocycles. The zero-order valence-corrected chi connectivity index (χ0v) is 16.2. The third kappa shape index (κ3) is 5.04. The molecule has 1 unspecified atom stereocenters. The summed E-state index contributed by atoms with van der Waals surface area (Å²) in [4.78, 5) is 23.8. The van der Waals surface area contributed by atoms with Crippen molar-refractivity contribution in [1.29, 1.82) is 0 Å². The predicted molar refractivity (Wildman–Crippen MR) is 96.9 cm³/mol. The lowest BCUT2D eigenvalue weighted by Gasteiger charge is -2.31. The Morgan fingerprint density at radius 2 is 1.81 bits per heavy atom. The van der Waals surface area contributed by atoms with Gasteiger partial charge in [-0.3, -0.25) is 4.79 Å². The van der Waals surface area contributed by atoms with Gasteiger partial charge in [-0.2, -0.15) is 4.31 Å². The minimum absolute atomic E-state index is 0.00881. The fourth-order valence-corrected chi connectivity index (χ4v) is 4.54. The lowest BCUT2D eigenvalue weighted by Crippen LogP contribution is -2.49. The molecule has 1 fully saturated rings. The van der Waals surface area contributed by atoms with E-state index >= 15 is 0 Å². The Kier molecular flexibility index (Phi) is 6.94. The highest BCUT2D eigenvalue weighted by molar-refractivity contribution is 7.89. The van der Waals surface area contributed by atoms with Gasteiger partial charge in [0.1, 0.15) is 11.9 Å². The molecule has 1 heterocycles. The van der Waals surface area contributed by atoms with Crippen LogP contribution in [0.5, 0.6) is 0 Å². The SMILES string of the molecule is CCC(C)[C@H](NC(=O)C1CCN(S(=O)(=O)c2ccc(F)cc2)CC1)C(=O)O. The van der Waals surface area contributed by atoms with Gasteiger partial charge in [0.2, 0.25) is 15.9 Å². The van der Waals surface area contributed by atoms with Gasteiger partial charge in [0.25, 0.3) is 0 Å². The van der Waals surface area contributed by atoms with E-state index in [0.717, 1.165) is 12.1 Å². The number of carboxylic acids is 1. The van der Waals surface area contributed by atoms with E-state index in [1.165, 1.54) is 16.4 Å². The van der Waals surface area contributed by atoms with Crippen LogP contribution in [0.15, 0.2) is 29.2 Å². The molecule has 2 rings (SSSR count). The Morgan fingerprint density at radius 3 is 2.30 bits per heavy atom. The number of carbonyl (C=O) groups excluding carboxylic acids is 1. The molecule has 1 saturated heterocycles. The van der Waals surface area contributed by atoms with Crippen molar-refractivity contribution < 1.29 is 27.5 Å². The highest BCUT2D eigenvalue weighted by Gasteiger charge is 2.34. The summed E-state index contributed by atoms with van der Waals surface area (Å²) in [5.41, 5.74) is 0. The second kappa shape index (κ2) is 8.79. The van der Waals surface area contributed by atoms with Crippen molar-refractivity contribution in [2.75, 3.05) is 13.1 Å². The van der Waals surface area contributed by atoms with E-state index in [1.807, 2.05) is 6.92 Å². The number of amides is 1. The molecular formula is C18H25FN2O5S. The average Bonchev–Trinajstić information content (AvgIpc) is 2.65. The quantitative estimate of drug-likeness (QED) is 0.727. The summed E-state index contributed by atoms with van der Waals surface area (Å²) in [6, 6.07) is 3.66. The number of hydrogen-bond donors (Lipinski definition) is 2. The van der Waals surface area contributed by atoms with Crippen LogP contribution < -0.4 is 5.32 Å². The first-order chi connectivity index (χ1) is 12.7. The number of nitrogens with one attached hydrogen (secondary N) is 1. The standard InChI is InChI=1S/C18H25FN2O5S/c1-3-12(2)16(18(23)24)20-17(22)13-8-10-21(11-9-13)27(25,26)15-6-4-14(19)5-7-15/h4-7,12-13,16H,3,8-11H2,1-2H3,(H,20,22)(H,23,24)/t12?,16-/m0/s1. The van der Waals surface area contributed by atoms with Gasteiger partial charge >= 0.3 is 5.97 Å². The third-order valence-electron chi connectivity index (χ3n) is 5.05. The van der Waals surface area contributed by atoms with Crippen LogP contribution >= 0.6 is 0 Å². The number of sulfonamides is 1. The topological polar surface area (TPSA) is 104 Å². The van der Waals surface area contributed by atoms with Gasteiger partial charge in [0.15, 0.2) is 0 Å². The Balaban J connectivity index is 1.99. The maximum absolute atomic E-state index is 13.0. The van der Waals surface area contributed by atoms with Gasteiger partial charge in [0, 0.05) is 19.0 Å². The Labute approximate surface area is 158 Å². The fraction of sp³-hybridized carbons (Fsp3) is 0.556. The van der Waals surface area contributed by atoms with Crippen molar-refractivity contribution in [2.45, 2.75) is 44.0 Å². The van der Waals surface area contributed by atoms with Crippen LogP contribution in [-0.2, 0) is 19.6 Å². The summed E-state index contributed by atoms with van der Waals surface area (Å²) >= 11 is 0. The molecule has 9 heteroatoms. The van der Waals surface area contributed by atoms with Crippen LogP contribution in [0.25, 0.3) is 0 Å². The minimum atomic E-state index is -3.74. The van der Waals surface area contributed by atoms with Gasteiger partial charge in [-0.25, -0.2) is 17.6 Å². The van der Waals surface area contributed by atoms with Gasteiger partial charge in [-0.05, 0) is 43.0 Å². The molecule has 0 aromatic heterocycles. The number of halogens is 1. The van der Waals surface area contributed by atoms with E-state index in [2.05, 4.69) is 5.32 Å². The molecule has 1 aliphatic heterocycles. The molecule has 1 aromatic rings. The lowest BCUT2D eigenvalue weighted by molar-refractivity contribution is -0.144.